The molecule has 2 saturated heterocycles. The molecule has 0 amide bonds. The van der Waals surface area contributed by atoms with E-state index in [4.69, 9.17) is 38.4 Å². The zero-order chi connectivity index (χ0) is 34.7. The van der Waals surface area contributed by atoms with Gasteiger partial charge in [0.25, 0.3) is 0 Å². The van der Waals surface area contributed by atoms with Gasteiger partial charge in [0.15, 0.2) is 23.6 Å². The van der Waals surface area contributed by atoms with Gasteiger partial charge in [0.05, 0.1) is 30.5 Å². The Bertz CT molecular complexity index is 1800. The number of hydrogen-bond donors (Lipinski definition) is 2. The molecule has 0 spiro atoms. The van der Waals surface area contributed by atoms with Gasteiger partial charge in [0, 0.05) is 42.2 Å². The van der Waals surface area contributed by atoms with Crippen LogP contribution in [0.3, 0.4) is 0 Å². The summed E-state index contributed by atoms with van der Waals surface area (Å²) in [7, 11) is 3.25. The first kappa shape index (κ1) is 34.4. The highest BCUT2D eigenvalue weighted by atomic mass is 16.8. The summed E-state index contributed by atoms with van der Waals surface area (Å²) < 4.78 is 34.5. The first-order valence-corrected chi connectivity index (χ1v) is 16.6. The maximum Gasteiger partial charge on any atom is 0.207 e. The van der Waals surface area contributed by atoms with Crippen LogP contribution in [-0.2, 0) is 18.9 Å². The monoisotopic (exact) mass is 670 g/mol. The van der Waals surface area contributed by atoms with Crippen molar-refractivity contribution < 1.29 is 28.4 Å². The molecule has 0 saturated carbocycles. The third-order valence-corrected chi connectivity index (χ3v) is 8.11. The molecule has 2 aliphatic rings. The maximum absolute atomic E-state index is 6.02. The van der Waals surface area contributed by atoms with Gasteiger partial charge in [-0.1, -0.05) is 25.5 Å². The Hall–Kier alpha value is -4.49. The summed E-state index contributed by atoms with van der Waals surface area (Å²) in [5.41, 5.74) is 4.82. The Morgan fingerprint density at radius 1 is 0.980 bits per heavy atom. The van der Waals surface area contributed by atoms with Gasteiger partial charge in [-0.15, -0.1) is 0 Å². The van der Waals surface area contributed by atoms with Crippen molar-refractivity contribution in [3.05, 3.63) is 60.2 Å². The molecule has 0 aliphatic carbocycles. The molecule has 3 aromatic carbocycles. The second-order valence-electron chi connectivity index (χ2n) is 13.1. The molecule has 1 aromatic heterocycles. The molecular weight excluding hydrogens is 624 g/mol. The highest BCUT2D eigenvalue weighted by Crippen LogP contribution is 2.39. The molecule has 0 radical (unpaired) electrons. The molecule has 49 heavy (non-hydrogen) atoms. The van der Waals surface area contributed by atoms with Crippen LogP contribution in [-0.4, -0.2) is 74.6 Å². The van der Waals surface area contributed by atoms with Gasteiger partial charge in [-0.25, -0.2) is 15.0 Å². The fraction of sp³-hybridized carbons (Fsp3) is 0.432. The number of nitrogens with zero attached hydrogens (tertiary/aromatic N) is 4. The van der Waals surface area contributed by atoms with E-state index < -0.39 is 0 Å². The quantitative estimate of drug-likeness (QED) is 0.0542. The van der Waals surface area contributed by atoms with Gasteiger partial charge in [-0.2, -0.15) is 5.10 Å². The van der Waals surface area contributed by atoms with E-state index in [0.29, 0.717) is 41.9 Å². The highest BCUT2D eigenvalue weighted by Gasteiger charge is 2.48. The number of aryl methyl sites for hydroxylation is 1. The van der Waals surface area contributed by atoms with E-state index in [1.807, 2.05) is 82.3 Å². The number of methoxy groups -OCH3 is 2. The first-order chi connectivity index (χ1) is 23.6. The zero-order valence-corrected chi connectivity index (χ0v) is 29.3. The summed E-state index contributed by atoms with van der Waals surface area (Å²) in [6.07, 6.45) is 1.65. The minimum Gasteiger partial charge on any atom is -0.493 e. The SMILES string of the molecule is C=NN(c1ccc(Nc2nc(-c3cccc(NC4OC4CCC)c3)nc3cc(OC)c(OCCOC)cc23)cc1C)C1OC1OC(C)(C)C. The molecule has 12 heteroatoms. The third kappa shape index (κ3) is 8.22. The summed E-state index contributed by atoms with van der Waals surface area (Å²) in [5, 5.41) is 13.8. The lowest BCUT2D eigenvalue weighted by Gasteiger charge is -2.21. The molecule has 2 fully saturated rings. The second kappa shape index (κ2) is 14.6. The fourth-order valence-corrected chi connectivity index (χ4v) is 5.67. The predicted molar refractivity (Wildman–Crippen MR) is 192 cm³/mol. The van der Waals surface area contributed by atoms with Crippen LogP contribution in [0.15, 0.2) is 59.7 Å². The molecule has 2 aliphatic heterocycles. The number of benzene rings is 3. The third-order valence-electron chi connectivity index (χ3n) is 8.11. The van der Waals surface area contributed by atoms with Crippen molar-refractivity contribution >= 4 is 40.5 Å². The second-order valence-corrected chi connectivity index (χ2v) is 13.1. The average Bonchev–Trinajstić information content (AvgIpc) is 3.99. The van der Waals surface area contributed by atoms with Crippen LogP contribution in [0.4, 0.5) is 22.9 Å². The normalized spacial score (nSPS) is 19.7. The van der Waals surface area contributed by atoms with Crippen molar-refractivity contribution in [1.82, 2.24) is 9.97 Å². The van der Waals surface area contributed by atoms with E-state index >= 15 is 0 Å². The summed E-state index contributed by atoms with van der Waals surface area (Å²) in [6, 6.07) is 17.8. The number of nitrogens with one attached hydrogen (secondary N) is 2. The van der Waals surface area contributed by atoms with Crippen molar-refractivity contribution in [2.75, 3.05) is 43.1 Å². The Kier molecular flexibility index (Phi) is 10.2. The zero-order valence-electron chi connectivity index (χ0n) is 29.3. The standard InChI is InChI=1S/C37H46N6O6/c1-9-11-29-34(47-29)40-24-13-10-12-23(19-24)32-41-27-21-30(45-8)31(46-17-16-44-7)20-26(27)33(42-32)39-25-14-15-28(22(2)18-25)43(38-6)35-36(48-35)49-37(3,4)5/h10,12-15,18-21,29,34-36,40H,6,9,11,16-17H2,1-5,7-8H3,(H,39,41,42). The van der Waals surface area contributed by atoms with Gasteiger partial charge < -0.3 is 39.1 Å². The molecule has 4 unspecified atom stereocenters. The summed E-state index contributed by atoms with van der Waals surface area (Å²) in [5.74, 6) is 2.30. The molecule has 3 heterocycles. The van der Waals surface area contributed by atoms with E-state index in [1.54, 1.807) is 19.2 Å². The largest absolute Gasteiger partial charge is 0.493 e. The van der Waals surface area contributed by atoms with Gasteiger partial charge >= 0.3 is 0 Å². The summed E-state index contributed by atoms with van der Waals surface area (Å²) >= 11 is 0. The topological polar surface area (TPSA) is 127 Å². The van der Waals surface area contributed by atoms with E-state index in [2.05, 4.69) is 29.4 Å². The molecule has 6 rings (SSSR count). The Balaban J connectivity index is 1.33. The highest BCUT2D eigenvalue weighted by molar-refractivity contribution is 5.94. The van der Waals surface area contributed by atoms with Gasteiger partial charge in [-0.3, -0.25) is 0 Å². The van der Waals surface area contributed by atoms with Crippen LogP contribution in [0.5, 0.6) is 11.5 Å². The number of fused-ring (bicyclic) bond motifs is 1. The maximum atomic E-state index is 6.02. The van der Waals surface area contributed by atoms with Crippen molar-refractivity contribution in [3.63, 3.8) is 0 Å². The number of hydrogen-bond acceptors (Lipinski definition) is 12. The van der Waals surface area contributed by atoms with Gasteiger partial charge in [-0.05, 0) is 76.1 Å². The predicted octanol–water partition coefficient (Wildman–Crippen LogP) is 7.24. The first-order valence-electron chi connectivity index (χ1n) is 16.6. The number of anilines is 4. The van der Waals surface area contributed by atoms with E-state index in [1.165, 1.54) is 0 Å². The number of rotatable bonds is 16. The fourth-order valence-electron chi connectivity index (χ4n) is 5.67. The van der Waals surface area contributed by atoms with E-state index in [-0.39, 0.29) is 30.5 Å². The van der Waals surface area contributed by atoms with Crippen LogP contribution in [0.25, 0.3) is 22.3 Å². The number of hydrazone groups is 1. The minimum atomic E-state index is -0.380. The Labute approximate surface area is 287 Å². The van der Waals surface area contributed by atoms with Crippen molar-refractivity contribution in [2.45, 2.75) is 77.9 Å². The molecule has 260 valence electrons. The van der Waals surface area contributed by atoms with E-state index in [0.717, 1.165) is 46.4 Å². The van der Waals surface area contributed by atoms with Crippen LogP contribution in [0.1, 0.15) is 46.1 Å². The molecule has 4 atom stereocenters. The van der Waals surface area contributed by atoms with Gasteiger partial charge in [0.2, 0.25) is 12.5 Å². The molecule has 4 aromatic rings. The average molecular weight is 671 g/mol. The summed E-state index contributed by atoms with van der Waals surface area (Å²) in [4.78, 5) is 10.0. The number of epoxide rings is 2. The smallest absolute Gasteiger partial charge is 0.207 e. The van der Waals surface area contributed by atoms with Crippen LogP contribution in [0.2, 0.25) is 0 Å². The molecule has 2 N–H and O–H groups in total. The number of aromatic nitrogens is 2. The minimum absolute atomic E-state index is 0.0209. The lowest BCUT2D eigenvalue weighted by atomic mass is 10.1. The van der Waals surface area contributed by atoms with Crippen molar-refractivity contribution in [1.29, 1.82) is 0 Å². The van der Waals surface area contributed by atoms with Gasteiger partial charge in [0.1, 0.15) is 18.5 Å². The lowest BCUT2D eigenvalue weighted by molar-refractivity contribution is -0.0570. The molecule has 12 nitrogen and oxygen atoms in total. The van der Waals surface area contributed by atoms with Crippen LogP contribution in [0, 0.1) is 6.92 Å². The Morgan fingerprint density at radius 2 is 1.82 bits per heavy atom. The molecular formula is C37H46N6O6. The van der Waals surface area contributed by atoms with Crippen molar-refractivity contribution in [2.24, 2.45) is 5.10 Å². The van der Waals surface area contributed by atoms with Crippen LogP contribution < -0.4 is 25.1 Å². The van der Waals surface area contributed by atoms with E-state index in [9.17, 15) is 0 Å². The summed E-state index contributed by atoms with van der Waals surface area (Å²) in [6.45, 7) is 14.8. The Morgan fingerprint density at radius 3 is 2.53 bits per heavy atom. The number of ether oxygens (including phenoxy) is 6. The van der Waals surface area contributed by atoms with Crippen LogP contribution >= 0.6 is 0 Å². The molecule has 0 bridgehead atoms. The van der Waals surface area contributed by atoms with Crippen molar-refractivity contribution in [3.8, 4) is 22.9 Å². The lowest BCUT2D eigenvalue weighted by Crippen LogP contribution is -2.28.